The molecule has 2 saturated heterocycles. The van der Waals surface area contributed by atoms with Gasteiger partial charge in [-0.15, -0.1) is 0 Å². The van der Waals surface area contributed by atoms with E-state index in [1.165, 1.54) is 11.6 Å². The number of piperazine rings is 1. The molecule has 0 amide bonds. The predicted molar refractivity (Wildman–Crippen MR) is 145 cm³/mol. The van der Waals surface area contributed by atoms with Crippen LogP contribution in [0.5, 0.6) is 5.75 Å². The first-order valence-corrected chi connectivity index (χ1v) is 13.7. The van der Waals surface area contributed by atoms with Crippen molar-refractivity contribution in [2.24, 2.45) is 5.92 Å². The molecule has 5 heterocycles. The zero-order valence-corrected chi connectivity index (χ0v) is 22.1. The lowest BCUT2D eigenvalue weighted by Crippen LogP contribution is -2.46. The molecule has 1 aromatic carbocycles. The fourth-order valence-corrected chi connectivity index (χ4v) is 6.53. The Morgan fingerprint density at radius 1 is 0.868 bits per heavy atom. The molecule has 200 valence electrons. The van der Waals surface area contributed by atoms with Crippen molar-refractivity contribution in [1.82, 2.24) is 19.3 Å². The molecule has 0 unspecified atom stereocenters. The number of rotatable bonds is 6. The third-order valence-corrected chi connectivity index (χ3v) is 8.34. The quantitative estimate of drug-likeness (QED) is 0.518. The van der Waals surface area contributed by atoms with E-state index in [9.17, 15) is 14.7 Å². The number of pyridine rings is 1. The van der Waals surface area contributed by atoms with Crippen molar-refractivity contribution in [3.8, 4) is 5.75 Å². The summed E-state index contributed by atoms with van der Waals surface area (Å²) in [6, 6.07) is 14.9. The first kappa shape index (κ1) is 25.4. The van der Waals surface area contributed by atoms with Crippen molar-refractivity contribution in [1.29, 1.82) is 0 Å². The van der Waals surface area contributed by atoms with Crippen LogP contribution in [0.15, 0.2) is 62.5 Å². The van der Waals surface area contributed by atoms with Gasteiger partial charge in [0.2, 0.25) is 11.2 Å². The van der Waals surface area contributed by atoms with E-state index in [0.29, 0.717) is 36.4 Å². The van der Waals surface area contributed by atoms with E-state index >= 15 is 0 Å². The molecule has 2 atom stereocenters. The van der Waals surface area contributed by atoms with Crippen LogP contribution in [0.1, 0.15) is 35.1 Å². The molecule has 2 bridgehead atoms. The van der Waals surface area contributed by atoms with Gasteiger partial charge in [-0.1, -0.05) is 29.8 Å². The molecule has 1 N–H and O–H groups in total. The van der Waals surface area contributed by atoms with Crippen LogP contribution in [0.3, 0.4) is 0 Å². The molecule has 3 aliphatic heterocycles. The third kappa shape index (κ3) is 5.45. The van der Waals surface area contributed by atoms with E-state index in [4.69, 9.17) is 16.0 Å². The van der Waals surface area contributed by atoms with Crippen LogP contribution in [0, 0.1) is 5.92 Å². The number of likely N-dealkylation sites (tertiary alicyclic amines) is 1. The van der Waals surface area contributed by atoms with E-state index in [1.54, 1.807) is 6.07 Å². The zero-order chi connectivity index (χ0) is 26.2. The maximum atomic E-state index is 12.6. The average Bonchev–Trinajstić information content (AvgIpc) is 2.89. The van der Waals surface area contributed by atoms with E-state index in [0.717, 1.165) is 69.5 Å². The van der Waals surface area contributed by atoms with Gasteiger partial charge in [-0.05, 0) is 36.1 Å². The first-order chi connectivity index (χ1) is 18.4. The van der Waals surface area contributed by atoms with Gasteiger partial charge in [-0.25, -0.2) is 0 Å². The Labute approximate surface area is 226 Å². The number of benzene rings is 1. The highest BCUT2D eigenvalue weighted by Crippen LogP contribution is 2.35. The molecule has 2 fully saturated rings. The number of piperidine rings is 1. The highest BCUT2D eigenvalue weighted by Gasteiger charge is 2.34. The minimum atomic E-state index is -0.394. The topological polar surface area (TPSA) is 82.2 Å². The molecule has 9 heteroatoms. The van der Waals surface area contributed by atoms with E-state index in [1.807, 2.05) is 28.8 Å². The van der Waals surface area contributed by atoms with Gasteiger partial charge in [-0.2, -0.15) is 0 Å². The number of hydrogen-bond acceptors (Lipinski definition) is 7. The summed E-state index contributed by atoms with van der Waals surface area (Å²) in [5.74, 6) is 1.31. The Morgan fingerprint density at radius 3 is 2.42 bits per heavy atom. The SMILES string of the molecule is O=c1cc(CN2C[C@@H]3C[C@H](C2)c2cccc(=O)n2C3)oc(CN2CCN(Cc3cccc(Cl)c3)CC2)c1O. The zero-order valence-electron chi connectivity index (χ0n) is 21.4. The molecule has 0 saturated carbocycles. The molecule has 6 rings (SSSR count). The Morgan fingerprint density at radius 2 is 1.63 bits per heavy atom. The molecular formula is C29H33ClN4O4. The Kier molecular flexibility index (Phi) is 7.14. The summed E-state index contributed by atoms with van der Waals surface area (Å²) in [4.78, 5) is 31.8. The van der Waals surface area contributed by atoms with Crippen molar-refractivity contribution in [2.45, 2.75) is 38.5 Å². The molecule has 8 nitrogen and oxygen atoms in total. The van der Waals surface area contributed by atoms with Gasteiger partial charge in [-0.3, -0.25) is 24.3 Å². The number of aromatic nitrogens is 1. The minimum absolute atomic E-state index is 0.0742. The number of halogens is 1. The van der Waals surface area contributed by atoms with Crippen molar-refractivity contribution in [3.63, 3.8) is 0 Å². The van der Waals surface area contributed by atoms with Crippen LogP contribution in [0.4, 0.5) is 0 Å². The Bertz CT molecular complexity index is 1430. The number of nitrogens with zero attached hydrogens (tertiary/aromatic N) is 4. The normalized spacial score (nSPS) is 22.3. The molecule has 3 aliphatic rings. The fraction of sp³-hybridized carbons (Fsp3) is 0.448. The second-order valence-electron chi connectivity index (χ2n) is 10.9. The number of fused-ring (bicyclic) bond motifs is 4. The number of hydrogen-bond donors (Lipinski definition) is 1. The van der Waals surface area contributed by atoms with Crippen molar-refractivity contribution >= 4 is 11.6 Å². The highest BCUT2D eigenvalue weighted by atomic mass is 35.5. The summed E-state index contributed by atoms with van der Waals surface area (Å²) in [7, 11) is 0. The van der Waals surface area contributed by atoms with Gasteiger partial charge in [0, 0.05) is 81.1 Å². The van der Waals surface area contributed by atoms with Gasteiger partial charge in [0.05, 0.1) is 13.1 Å². The molecule has 2 aromatic heterocycles. The maximum absolute atomic E-state index is 12.6. The lowest BCUT2D eigenvalue weighted by molar-refractivity contribution is 0.100. The largest absolute Gasteiger partial charge is 0.502 e. The standard InChI is InChI=1S/C29H33ClN4O4/c30-23-4-1-3-20(12-23)14-31-7-9-32(10-8-31)19-27-29(37)26(35)13-24(38-27)18-33-15-21-11-22(17-33)25-5-2-6-28(36)34(25)16-21/h1-6,12-13,21-22,37H,7-11,14-19H2/t21-,22+/m0/s1. The number of aromatic hydroxyl groups is 1. The summed E-state index contributed by atoms with van der Waals surface area (Å²) in [6.07, 6.45) is 1.08. The molecule has 3 aromatic rings. The molecule has 0 spiro atoms. The Hall–Kier alpha value is -2.91. The van der Waals surface area contributed by atoms with Crippen molar-refractivity contribution < 1.29 is 9.52 Å². The van der Waals surface area contributed by atoms with Crippen LogP contribution >= 0.6 is 11.6 Å². The van der Waals surface area contributed by atoms with Crippen molar-refractivity contribution in [3.05, 3.63) is 96.9 Å². The monoisotopic (exact) mass is 536 g/mol. The average molecular weight is 537 g/mol. The maximum Gasteiger partial charge on any atom is 0.250 e. The fourth-order valence-electron chi connectivity index (χ4n) is 6.32. The van der Waals surface area contributed by atoms with Gasteiger partial charge in [0.25, 0.3) is 5.56 Å². The van der Waals surface area contributed by atoms with Crippen LogP contribution in [0.25, 0.3) is 0 Å². The summed E-state index contributed by atoms with van der Waals surface area (Å²) in [5.41, 5.74) is 1.97. The lowest BCUT2D eigenvalue weighted by atomic mass is 9.83. The minimum Gasteiger partial charge on any atom is -0.502 e. The van der Waals surface area contributed by atoms with E-state index in [2.05, 4.69) is 26.8 Å². The first-order valence-electron chi connectivity index (χ1n) is 13.4. The predicted octanol–water partition coefficient (Wildman–Crippen LogP) is 3.10. The highest BCUT2D eigenvalue weighted by molar-refractivity contribution is 6.30. The molecule has 0 aliphatic carbocycles. The summed E-state index contributed by atoms with van der Waals surface area (Å²) in [6.45, 7) is 7.58. The van der Waals surface area contributed by atoms with Crippen LogP contribution < -0.4 is 11.0 Å². The summed E-state index contributed by atoms with van der Waals surface area (Å²) in [5, 5.41) is 11.2. The summed E-state index contributed by atoms with van der Waals surface area (Å²) < 4.78 is 8.04. The van der Waals surface area contributed by atoms with Gasteiger partial charge in [0.15, 0.2) is 5.76 Å². The van der Waals surface area contributed by atoms with Crippen LogP contribution in [-0.4, -0.2) is 63.6 Å². The van der Waals surface area contributed by atoms with Gasteiger partial charge < -0.3 is 14.1 Å². The van der Waals surface area contributed by atoms with Crippen LogP contribution in [-0.2, 0) is 26.2 Å². The van der Waals surface area contributed by atoms with Crippen molar-refractivity contribution in [2.75, 3.05) is 39.3 Å². The second-order valence-corrected chi connectivity index (χ2v) is 11.4. The second kappa shape index (κ2) is 10.7. The lowest BCUT2D eigenvalue weighted by Gasteiger charge is -2.42. The molecular weight excluding hydrogens is 504 g/mol. The molecule has 38 heavy (non-hydrogen) atoms. The van der Waals surface area contributed by atoms with E-state index in [-0.39, 0.29) is 11.3 Å². The van der Waals surface area contributed by atoms with E-state index < -0.39 is 5.43 Å². The van der Waals surface area contributed by atoms with Gasteiger partial charge in [0.1, 0.15) is 5.76 Å². The molecule has 0 radical (unpaired) electrons. The van der Waals surface area contributed by atoms with Crippen LogP contribution in [0.2, 0.25) is 5.02 Å². The van der Waals surface area contributed by atoms with Gasteiger partial charge >= 0.3 is 0 Å². The smallest absolute Gasteiger partial charge is 0.250 e. The third-order valence-electron chi connectivity index (χ3n) is 8.11. The Balaban J connectivity index is 1.09. The summed E-state index contributed by atoms with van der Waals surface area (Å²) >= 11 is 6.13.